The highest BCUT2D eigenvalue weighted by Crippen LogP contribution is 2.31. The second-order valence-electron chi connectivity index (χ2n) is 5.83. The van der Waals surface area contributed by atoms with Gasteiger partial charge in [0.05, 0.1) is 0 Å². The van der Waals surface area contributed by atoms with Crippen molar-refractivity contribution in [2.24, 2.45) is 0 Å². The molecule has 1 aromatic heterocycles. The molecule has 0 N–H and O–H groups in total. The smallest absolute Gasteiger partial charge is 0.161 e. The number of hydrogen-bond donors (Lipinski definition) is 0. The molecular weight excluding hydrogens is 307 g/mol. The number of imidazole rings is 1. The average Bonchev–Trinajstić information content (AvgIpc) is 2.96. The quantitative estimate of drug-likeness (QED) is 0.737. The van der Waals surface area contributed by atoms with Gasteiger partial charge in [-0.3, -0.25) is 0 Å². The number of hydrogen-bond acceptors (Lipinski definition) is 3. The predicted octanol–water partition coefficient (Wildman–Crippen LogP) is 3.70. The summed E-state index contributed by atoms with van der Waals surface area (Å²) >= 11 is 0. The molecule has 2 aromatic carbocycles. The number of rotatable bonds is 3. The van der Waals surface area contributed by atoms with Crippen LogP contribution in [-0.4, -0.2) is 22.3 Å². The first-order valence-electron chi connectivity index (χ1n) is 7.88. The summed E-state index contributed by atoms with van der Waals surface area (Å²) in [5.74, 6) is 2.14. The lowest BCUT2D eigenvalue weighted by Crippen LogP contribution is -2.32. The van der Waals surface area contributed by atoms with E-state index in [1.165, 1.54) is 12.1 Å². The topological polar surface area (TPSA) is 36.3 Å². The number of aromatic nitrogens is 2. The van der Waals surface area contributed by atoms with Crippen molar-refractivity contribution in [1.29, 1.82) is 0 Å². The molecule has 1 aliphatic heterocycles. The van der Waals surface area contributed by atoms with Crippen molar-refractivity contribution >= 4 is 0 Å². The molecule has 3 aromatic rings. The molecular formula is C19H17FN2O2. The maximum Gasteiger partial charge on any atom is 0.161 e. The van der Waals surface area contributed by atoms with E-state index >= 15 is 0 Å². The fourth-order valence-electron chi connectivity index (χ4n) is 2.94. The highest BCUT2D eigenvalue weighted by molar-refractivity contribution is 5.41. The largest absolute Gasteiger partial charge is 0.486 e. The third-order valence-corrected chi connectivity index (χ3v) is 4.07. The summed E-state index contributed by atoms with van der Waals surface area (Å²) in [4.78, 5) is 4.50. The summed E-state index contributed by atoms with van der Waals surface area (Å²) in [7, 11) is 0. The van der Waals surface area contributed by atoms with Crippen LogP contribution >= 0.6 is 0 Å². The van der Waals surface area contributed by atoms with Gasteiger partial charge in [0.15, 0.2) is 11.5 Å². The number of benzene rings is 2. The molecule has 1 unspecified atom stereocenters. The van der Waals surface area contributed by atoms with Gasteiger partial charge in [0.25, 0.3) is 0 Å². The monoisotopic (exact) mass is 324 g/mol. The van der Waals surface area contributed by atoms with Crippen molar-refractivity contribution in [3.05, 3.63) is 72.1 Å². The zero-order valence-electron chi connectivity index (χ0n) is 13.3. The number of para-hydroxylation sites is 2. The fourth-order valence-corrected chi connectivity index (χ4v) is 2.94. The molecule has 24 heavy (non-hydrogen) atoms. The Hall–Kier alpha value is -2.82. The minimum absolute atomic E-state index is 0.110. The molecule has 0 bridgehead atoms. The van der Waals surface area contributed by atoms with E-state index in [4.69, 9.17) is 9.47 Å². The van der Waals surface area contributed by atoms with E-state index in [2.05, 4.69) is 4.98 Å². The van der Waals surface area contributed by atoms with Gasteiger partial charge in [0.1, 0.15) is 24.4 Å². The van der Waals surface area contributed by atoms with Crippen LogP contribution in [0.4, 0.5) is 4.39 Å². The van der Waals surface area contributed by atoms with Crippen LogP contribution in [0.2, 0.25) is 0 Å². The number of aryl methyl sites for hydroxylation is 1. The van der Waals surface area contributed by atoms with Gasteiger partial charge < -0.3 is 14.0 Å². The summed E-state index contributed by atoms with van der Waals surface area (Å²) < 4.78 is 27.0. The third-order valence-electron chi connectivity index (χ3n) is 4.07. The third kappa shape index (κ3) is 2.73. The first-order valence-corrected chi connectivity index (χ1v) is 7.88. The molecule has 0 spiro atoms. The van der Waals surface area contributed by atoms with Gasteiger partial charge in [-0.2, -0.15) is 0 Å². The van der Waals surface area contributed by atoms with Crippen LogP contribution in [-0.2, 0) is 6.42 Å². The standard InChI is InChI=1S/C19H17FN2O2/c1-13-11-21-19(22(13)15-8-6-14(20)7-9-15)10-16-12-23-17-4-2-3-5-18(17)24-16/h2-9,11,16H,10,12H2,1H3. The number of nitrogens with zero attached hydrogens (tertiary/aromatic N) is 2. The van der Waals surface area contributed by atoms with E-state index < -0.39 is 0 Å². The maximum absolute atomic E-state index is 13.2. The van der Waals surface area contributed by atoms with Gasteiger partial charge in [-0.1, -0.05) is 12.1 Å². The van der Waals surface area contributed by atoms with Crippen molar-refractivity contribution in [1.82, 2.24) is 9.55 Å². The van der Waals surface area contributed by atoms with Gasteiger partial charge in [-0.05, 0) is 43.3 Å². The van der Waals surface area contributed by atoms with Crippen molar-refractivity contribution in [2.75, 3.05) is 6.61 Å². The second kappa shape index (κ2) is 6.00. The van der Waals surface area contributed by atoms with E-state index in [1.54, 1.807) is 12.1 Å². The summed E-state index contributed by atoms with van der Waals surface area (Å²) in [5, 5.41) is 0. The van der Waals surface area contributed by atoms with E-state index in [0.29, 0.717) is 13.0 Å². The van der Waals surface area contributed by atoms with E-state index in [0.717, 1.165) is 28.7 Å². The van der Waals surface area contributed by atoms with Crippen molar-refractivity contribution < 1.29 is 13.9 Å². The van der Waals surface area contributed by atoms with Crippen LogP contribution in [0.1, 0.15) is 11.5 Å². The fraction of sp³-hybridized carbons (Fsp3) is 0.211. The number of fused-ring (bicyclic) bond motifs is 1. The molecule has 0 saturated heterocycles. The van der Waals surface area contributed by atoms with Crippen LogP contribution in [0, 0.1) is 12.7 Å². The molecule has 1 aliphatic rings. The molecule has 0 saturated carbocycles. The SMILES string of the molecule is Cc1cnc(CC2COc3ccccc3O2)n1-c1ccc(F)cc1. The molecule has 0 aliphatic carbocycles. The van der Waals surface area contributed by atoms with E-state index in [9.17, 15) is 4.39 Å². The Kier molecular flexibility index (Phi) is 3.69. The summed E-state index contributed by atoms with van der Waals surface area (Å²) in [5.41, 5.74) is 1.88. The minimum Gasteiger partial charge on any atom is -0.486 e. The summed E-state index contributed by atoms with van der Waals surface area (Å²) in [6, 6.07) is 14.1. The lowest BCUT2D eigenvalue weighted by molar-refractivity contribution is 0.0896. The van der Waals surface area contributed by atoms with E-state index in [-0.39, 0.29) is 11.9 Å². The van der Waals surface area contributed by atoms with Gasteiger partial charge in [0, 0.05) is 24.0 Å². The molecule has 5 heteroatoms. The van der Waals surface area contributed by atoms with Crippen LogP contribution in [0.3, 0.4) is 0 Å². The number of halogens is 1. The summed E-state index contributed by atoms with van der Waals surface area (Å²) in [6.07, 6.45) is 2.32. The molecule has 122 valence electrons. The Morgan fingerprint density at radius 3 is 2.67 bits per heavy atom. The average molecular weight is 324 g/mol. The van der Waals surface area contributed by atoms with Gasteiger partial charge in [-0.25, -0.2) is 9.37 Å². The first-order chi connectivity index (χ1) is 11.7. The molecule has 2 heterocycles. The molecule has 4 rings (SSSR count). The van der Waals surface area contributed by atoms with Gasteiger partial charge in [-0.15, -0.1) is 0 Å². The van der Waals surface area contributed by atoms with Crippen LogP contribution in [0.25, 0.3) is 5.69 Å². The Balaban J connectivity index is 1.59. The lowest BCUT2D eigenvalue weighted by Gasteiger charge is -2.26. The van der Waals surface area contributed by atoms with Crippen molar-refractivity contribution in [3.63, 3.8) is 0 Å². The Morgan fingerprint density at radius 2 is 1.88 bits per heavy atom. The Labute approximate surface area is 139 Å². The van der Waals surface area contributed by atoms with Crippen LogP contribution < -0.4 is 9.47 Å². The maximum atomic E-state index is 13.2. The second-order valence-corrected chi connectivity index (χ2v) is 5.83. The zero-order valence-corrected chi connectivity index (χ0v) is 13.3. The number of ether oxygens (including phenoxy) is 2. The molecule has 1 atom stereocenters. The van der Waals surface area contributed by atoms with Crippen molar-refractivity contribution in [3.8, 4) is 17.2 Å². The first kappa shape index (κ1) is 14.8. The molecule has 0 amide bonds. The van der Waals surface area contributed by atoms with Gasteiger partial charge in [0.2, 0.25) is 0 Å². The highest BCUT2D eigenvalue weighted by Gasteiger charge is 2.23. The van der Waals surface area contributed by atoms with E-state index in [1.807, 2.05) is 42.0 Å². The molecule has 4 nitrogen and oxygen atoms in total. The van der Waals surface area contributed by atoms with Crippen LogP contribution in [0.15, 0.2) is 54.7 Å². The molecule has 0 fully saturated rings. The predicted molar refractivity (Wildman–Crippen MR) is 88.3 cm³/mol. The molecule has 0 radical (unpaired) electrons. The highest BCUT2D eigenvalue weighted by atomic mass is 19.1. The minimum atomic E-state index is -0.251. The summed E-state index contributed by atoms with van der Waals surface area (Å²) in [6.45, 7) is 2.46. The van der Waals surface area contributed by atoms with Crippen molar-refractivity contribution in [2.45, 2.75) is 19.4 Å². The Morgan fingerprint density at radius 1 is 1.12 bits per heavy atom. The lowest BCUT2D eigenvalue weighted by atomic mass is 10.2. The van der Waals surface area contributed by atoms with Crippen LogP contribution in [0.5, 0.6) is 11.5 Å². The Bertz CT molecular complexity index is 858. The van der Waals surface area contributed by atoms with Gasteiger partial charge >= 0.3 is 0 Å². The normalized spacial score (nSPS) is 16.2. The zero-order chi connectivity index (χ0) is 16.5.